The lowest BCUT2D eigenvalue weighted by atomic mass is 10.0. The molecular weight excluding hydrogens is 560 g/mol. The maximum Gasteiger partial charge on any atom is 0.331 e. The molecule has 3 rings (SSSR count). The Morgan fingerprint density at radius 2 is 1.34 bits per heavy atom. The number of H-pyrrole nitrogens is 1. The molecule has 228 valence electrons. The highest BCUT2D eigenvalue weighted by Gasteiger charge is 2.27. The second kappa shape index (κ2) is 17.0. The second-order valence-corrected chi connectivity index (χ2v) is 13.8. The van der Waals surface area contributed by atoms with Crippen LogP contribution in [0.2, 0.25) is 0 Å². The minimum Gasteiger partial charge on any atom is -0.327 e. The van der Waals surface area contributed by atoms with Crippen molar-refractivity contribution < 1.29 is 25.6 Å². The molecule has 2 N–H and O–H groups in total. The van der Waals surface area contributed by atoms with Gasteiger partial charge in [-0.2, -0.15) is 16.8 Å². The standard InChI is InChI=1S/C31H46N2O6S2/c1-2-3-4-5-6-7-8-9-10-11-12-13-17-21-27(25-24-26-19-15-14-16-20-26)39-41(37,38)31-32-28-22-18-23-29(30(28)33-31)40(34,35)36/h14-16,18-20,22-23,27H,2-13,17,21,24-25H2,1H3,(H,32,33)(H,34,35,36). The molecule has 41 heavy (non-hydrogen) atoms. The number of benzene rings is 2. The summed E-state index contributed by atoms with van der Waals surface area (Å²) in [4.78, 5) is 6.17. The Kier molecular flexibility index (Phi) is 13.8. The number of rotatable bonds is 21. The van der Waals surface area contributed by atoms with Crippen LogP contribution in [0.15, 0.2) is 58.6 Å². The van der Waals surface area contributed by atoms with Crippen LogP contribution < -0.4 is 0 Å². The topological polar surface area (TPSA) is 126 Å². The first-order valence-electron chi connectivity index (χ1n) is 15.1. The average Bonchev–Trinajstić information content (AvgIpc) is 3.40. The molecule has 0 amide bonds. The molecule has 0 radical (unpaired) electrons. The van der Waals surface area contributed by atoms with Crippen LogP contribution in [-0.2, 0) is 30.8 Å². The number of para-hydroxylation sites is 1. The quantitative estimate of drug-likeness (QED) is 0.0714. The van der Waals surface area contributed by atoms with Gasteiger partial charge < -0.3 is 4.98 Å². The first-order chi connectivity index (χ1) is 19.7. The van der Waals surface area contributed by atoms with Crippen molar-refractivity contribution in [2.75, 3.05) is 0 Å². The Morgan fingerprint density at radius 3 is 1.93 bits per heavy atom. The Morgan fingerprint density at radius 1 is 0.756 bits per heavy atom. The second-order valence-electron chi connectivity index (χ2n) is 10.9. The van der Waals surface area contributed by atoms with Crippen LogP contribution in [-0.4, -0.2) is 37.5 Å². The number of imidazole rings is 1. The largest absolute Gasteiger partial charge is 0.331 e. The fraction of sp³-hybridized carbons (Fsp3) is 0.581. The highest BCUT2D eigenvalue weighted by atomic mass is 32.2. The van der Waals surface area contributed by atoms with Gasteiger partial charge in [0.2, 0.25) is 0 Å². The van der Waals surface area contributed by atoms with Crippen LogP contribution in [0, 0.1) is 0 Å². The first-order valence-corrected chi connectivity index (χ1v) is 18.0. The number of unbranched alkanes of at least 4 members (excludes halogenated alkanes) is 12. The van der Waals surface area contributed by atoms with Gasteiger partial charge in [0, 0.05) is 0 Å². The fourth-order valence-electron chi connectivity index (χ4n) is 5.14. The normalized spacial score (nSPS) is 13.1. The van der Waals surface area contributed by atoms with Crippen LogP contribution in [0.5, 0.6) is 0 Å². The molecule has 1 unspecified atom stereocenters. The van der Waals surface area contributed by atoms with Gasteiger partial charge in [0.15, 0.2) is 0 Å². The number of hydrogen-bond donors (Lipinski definition) is 2. The zero-order chi connectivity index (χ0) is 29.6. The molecule has 0 aliphatic heterocycles. The van der Waals surface area contributed by atoms with Gasteiger partial charge in [0.05, 0.1) is 11.6 Å². The van der Waals surface area contributed by atoms with Crippen LogP contribution >= 0.6 is 0 Å². The fourth-order valence-corrected chi connectivity index (χ4v) is 6.87. The van der Waals surface area contributed by atoms with E-state index in [2.05, 4.69) is 16.9 Å². The van der Waals surface area contributed by atoms with Crippen molar-refractivity contribution in [1.29, 1.82) is 0 Å². The van der Waals surface area contributed by atoms with E-state index in [9.17, 15) is 21.4 Å². The van der Waals surface area contributed by atoms with Crippen molar-refractivity contribution in [1.82, 2.24) is 9.97 Å². The van der Waals surface area contributed by atoms with E-state index in [4.69, 9.17) is 4.18 Å². The van der Waals surface area contributed by atoms with Crippen molar-refractivity contribution in [3.05, 3.63) is 54.1 Å². The first kappa shape index (κ1) is 33.2. The molecule has 0 saturated heterocycles. The maximum absolute atomic E-state index is 13.2. The average molecular weight is 607 g/mol. The summed E-state index contributed by atoms with van der Waals surface area (Å²) in [5.41, 5.74) is 1.14. The van der Waals surface area contributed by atoms with Gasteiger partial charge in [-0.25, -0.2) is 4.98 Å². The Bertz CT molecular complexity index is 1390. The van der Waals surface area contributed by atoms with Gasteiger partial charge in [-0.15, -0.1) is 0 Å². The summed E-state index contributed by atoms with van der Waals surface area (Å²) in [6.07, 6.45) is 17.3. The summed E-state index contributed by atoms with van der Waals surface area (Å²) in [5, 5.41) is -0.473. The summed E-state index contributed by atoms with van der Waals surface area (Å²) >= 11 is 0. The Labute approximate surface area is 246 Å². The summed E-state index contributed by atoms with van der Waals surface area (Å²) in [6, 6.07) is 13.9. The molecule has 1 heterocycles. The van der Waals surface area contributed by atoms with E-state index >= 15 is 0 Å². The van der Waals surface area contributed by atoms with Gasteiger partial charge >= 0.3 is 10.1 Å². The number of hydrogen-bond acceptors (Lipinski definition) is 6. The van der Waals surface area contributed by atoms with Crippen LogP contribution in [0.1, 0.15) is 109 Å². The summed E-state index contributed by atoms with van der Waals surface area (Å²) in [7, 11) is -8.87. The van der Waals surface area contributed by atoms with E-state index in [1.54, 1.807) is 0 Å². The predicted octanol–water partition coefficient (Wildman–Crippen LogP) is 8.00. The van der Waals surface area contributed by atoms with Gasteiger partial charge in [-0.05, 0) is 37.0 Å². The minimum absolute atomic E-state index is 0.144. The number of nitrogens with one attached hydrogen (secondary N) is 1. The van der Waals surface area contributed by atoms with E-state index in [0.717, 1.165) is 24.8 Å². The summed E-state index contributed by atoms with van der Waals surface area (Å²) < 4.78 is 65.0. The maximum atomic E-state index is 13.2. The third kappa shape index (κ3) is 11.5. The van der Waals surface area contributed by atoms with Crippen molar-refractivity contribution in [2.24, 2.45) is 0 Å². The Balaban J connectivity index is 1.52. The number of aromatic nitrogens is 2. The number of aryl methyl sites for hydroxylation is 1. The zero-order valence-electron chi connectivity index (χ0n) is 24.3. The third-order valence-electron chi connectivity index (χ3n) is 7.46. The van der Waals surface area contributed by atoms with Gasteiger partial charge in [0.25, 0.3) is 15.3 Å². The van der Waals surface area contributed by atoms with E-state index in [0.29, 0.717) is 19.3 Å². The summed E-state index contributed by atoms with van der Waals surface area (Å²) in [6.45, 7) is 2.24. The lowest BCUT2D eigenvalue weighted by Gasteiger charge is -2.17. The highest BCUT2D eigenvalue weighted by Crippen LogP contribution is 2.25. The van der Waals surface area contributed by atoms with Crippen LogP contribution in [0.4, 0.5) is 0 Å². The van der Waals surface area contributed by atoms with E-state index < -0.39 is 36.4 Å². The molecule has 1 atom stereocenters. The van der Waals surface area contributed by atoms with Crippen molar-refractivity contribution in [3.63, 3.8) is 0 Å². The molecule has 0 saturated carbocycles. The molecular formula is C31H46N2O6S2. The summed E-state index contributed by atoms with van der Waals surface area (Å²) in [5.74, 6) is 0. The molecule has 0 aliphatic rings. The number of nitrogens with zero attached hydrogens (tertiary/aromatic N) is 1. The number of fused-ring (bicyclic) bond motifs is 1. The molecule has 10 heteroatoms. The molecule has 3 aromatic rings. The molecule has 0 fully saturated rings. The van der Waals surface area contributed by atoms with E-state index in [1.165, 1.54) is 82.4 Å². The zero-order valence-corrected chi connectivity index (χ0v) is 25.9. The minimum atomic E-state index is -4.57. The van der Waals surface area contributed by atoms with Crippen LogP contribution in [0.25, 0.3) is 11.0 Å². The molecule has 2 aromatic carbocycles. The van der Waals surface area contributed by atoms with Crippen molar-refractivity contribution in [3.8, 4) is 0 Å². The lowest BCUT2D eigenvalue weighted by Crippen LogP contribution is -2.20. The van der Waals surface area contributed by atoms with Gasteiger partial charge in [0.1, 0.15) is 10.4 Å². The molecule has 0 bridgehead atoms. The Hall–Kier alpha value is -2.27. The van der Waals surface area contributed by atoms with Crippen molar-refractivity contribution in [2.45, 2.75) is 126 Å². The van der Waals surface area contributed by atoms with Crippen molar-refractivity contribution >= 4 is 31.3 Å². The van der Waals surface area contributed by atoms with Crippen LogP contribution in [0.3, 0.4) is 0 Å². The third-order valence-corrected chi connectivity index (χ3v) is 9.54. The van der Waals surface area contributed by atoms with Gasteiger partial charge in [-0.3, -0.25) is 8.74 Å². The smallest absolute Gasteiger partial charge is 0.327 e. The highest BCUT2D eigenvalue weighted by molar-refractivity contribution is 7.86. The molecule has 0 spiro atoms. The lowest BCUT2D eigenvalue weighted by molar-refractivity contribution is 0.183. The predicted molar refractivity (Wildman–Crippen MR) is 163 cm³/mol. The number of aromatic amines is 1. The molecule has 1 aromatic heterocycles. The monoisotopic (exact) mass is 606 g/mol. The van der Waals surface area contributed by atoms with E-state index in [1.807, 2.05) is 30.3 Å². The van der Waals surface area contributed by atoms with E-state index in [-0.39, 0.29) is 11.0 Å². The molecule has 0 aliphatic carbocycles. The van der Waals surface area contributed by atoms with Gasteiger partial charge in [-0.1, -0.05) is 127 Å². The molecule has 8 nitrogen and oxygen atoms in total. The SMILES string of the molecule is CCCCCCCCCCCCCCCC(CCc1ccccc1)OS(=O)(=O)c1nc2c(S(=O)(=O)O)cccc2[nH]1.